The largest absolute Gasteiger partial charge is 0.486 e. The van der Waals surface area contributed by atoms with Crippen LogP contribution in [0.2, 0.25) is 0 Å². The van der Waals surface area contributed by atoms with E-state index in [2.05, 4.69) is 28.9 Å². The summed E-state index contributed by atoms with van der Waals surface area (Å²) in [6.07, 6.45) is 2.20. The maximum atomic E-state index is 13.2. The predicted octanol–water partition coefficient (Wildman–Crippen LogP) is 3.79. The van der Waals surface area contributed by atoms with E-state index in [-0.39, 0.29) is 24.2 Å². The Balaban J connectivity index is 1.19. The number of para-hydroxylation sites is 2. The summed E-state index contributed by atoms with van der Waals surface area (Å²) in [5.74, 6) is 1.65. The fourth-order valence-corrected chi connectivity index (χ4v) is 5.07. The Hall–Kier alpha value is -2.73. The summed E-state index contributed by atoms with van der Waals surface area (Å²) in [4.78, 5) is 19.8. The van der Waals surface area contributed by atoms with Gasteiger partial charge in [-0.15, -0.1) is 0 Å². The first-order valence-electron chi connectivity index (χ1n) is 11.4. The average Bonchev–Trinajstić information content (AvgIpc) is 3.20. The van der Waals surface area contributed by atoms with Crippen LogP contribution in [0, 0.1) is 0 Å². The molecular formula is C25H31N3O3. The SMILES string of the molecule is CC(c1ccccc1)N1CCN(C2CCCN(CC3COc4ccccc4O3)C2)C1=O. The molecule has 3 atom stereocenters. The molecule has 164 valence electrons. The predicted molar refractivity (Wildman–Crippen MR) is 119 cm³/mol. The molecule has 0 aliphatic carbocycles. The summed E-state index contributed by atoms with van der Waals surface area (Å²) in [6, 6.07) is 18.7. The van der Waals surface area contributed by atoms with Crippen LogP contribution in [0.15, 0.2) is 54.6 Å². The molecule has 2 saturated heterocycles. The van der Waals surface area contributed by atoms with E-state index in [9.17, 15) is 4.79 Å². The summed E-state index contributed by atoms with van der Waals surface area (Å²) in [7, 11) is 0. The number of piperidine rings is 1. The minimum absolute atomic E-state index is 0.0255. The number of hydrogen-bond acceptors (Lipinski definition) is 4. The van der Waals surface area contributed by atoms with Gasteiger partial charge >= 0.3 is 6.03 Å². The molecule has 2 aromatic carbocycles. The lowest BCUT2D eigenvalue weighted by Gasteiger charge is -2.39. The van der Waals surface area contributed by atoms with Gasteiger partial charge in [0.15, 0.2) is 11.5 Å². The van der Waals surface area contributed by atoms with Gasteiger partial charge in [0.05, 0.1) is 6.04 Å². The monoisotopic (exact) mass is 421 g/mol. The second kappa shape index (κ2) is 8.79. The number of hydrogen-bond donors (Lipinski definition) is 0. The van der Waals surface area contributed by atoms with E-state index < -0.39 is 0 Å². The zero-order valence-electron chi connectivity index (χ0n) is 18.2. The summed E-state index contributed by atoms with van der Waals surface area (Å²) < 4.78 is 12.0. The van der Waals surface area contributed by atoms with Crippen LogP contribution in [0.3, 0.4) is 0 Å². The number of urea groups is 1. The number of benzene rings is 2. The minimum Gasteiger partial charge on any atom is -0.486 e. The van der Waals surface area contributed by atoms with E-state index in [0.717, 1.165) is 57.1 Å². The summed E-state index contributed by atoms with van der Waals surface area (Å²) in [6.45, 7) is 7.08. The van der Waals surface area contributed by atoms with Crippen LogP contribution in [-0.2, 0) is 0 Å². The lowest BCUT2D eigenvalue weighted by Crippen LogP contribution is -2.52. The lowest BCUT2D eigenvalue weighted by molar-refractivity contribution is 0.0399. The minimum atomic E-state index is 0.0255. The third-order valence-corrected chi connectivity index (χ3v) is 6.77. The molecule has 5 rings (SSSR count). The van der Waals surface area contributed by atoms with Gasteiger partial charge in [-0.25, -0.2) is 4.79 Å². The molecule has 6 heteroatoms. The molecule has 0 spiro atoms. The fraction of sp³-hybridized carbons (Fsp3) is 0.480. The van der Waals surface area contributed by atoms with Gasteiger partial charge in [0.25, 0.3) is 0 Å². The highest BCUT2D eigenvalue weighted by Crippen LogP contribution is 2.32. The average molecular weight is 422 g/mol. The molecule has 0 saturated carbocycles. The first kappa shape index (κ1) is 20.2. The number of likely N-dealkylation sites (tertiary alicyclic amines) is 1. The molecule has 0 radical (unpaired) electrons. The highest BCUT2D eigenvalue weighted by atomic mass is 16.6. The Morgan fingerprint density at radius 3 is 2.61 bits per heavy atom. The number of rotatable bonds is 5. The van der Waals surface area contributed by atoms with Crippen LogP contribution < -0.4 is 9.47 Å². The molecule has 3 heterocycles. The van der Waals surface area contributed by atoms with E-state index >= 15 is 0 Å². The smallest absolute Gasteiger partial charge is 0.320 e. The van der Waals surface area contributed by atoms with Crippen molar-refractivity contribution < 1.29 is 14.3 Å². The Labute approximate surface area is 184 Å². The van der Waals surface area contributed by atoms with Gasteiger partial charge in [0, 0.05) is 32.2 Å². The number of amides is 2. The molecule has 2 aromatic rings. The standard InChI is InChI=1S/C25H31N3O3/c1-19(20-8-3-2-4-9-20)27-14-15-28(25(27)29)21-10-7-13-26(16-21)17-22-18-30-23-11-5-6-12-24(23)31-22/h2-6,8-9,11-12,19,21-22H,7,10,13-18H2,1H3. The molecule has 2 fully saturated rings. The van der Waals surface area contributed by atoms with Crippen molar-refractivity contribution in [2.45, 2.75) is 38.0 Å². The summed E-state index contributed by atoms with van der Waals surface area (Å²) >= 11 is 0. The third-order valence-electron chi connectivity index (χ3n) is 6.77. The zero-order valence-corrected chi connectivity index (χ0v) is 18.2. The number of fused-ring (bicyclic) bond motifs is 1. The molecule has 0 aromatic heterocycles. The Morgan fingerprint density at radius 2 is 1.77 bits per heavy atom. The van der Waals surface area contributed by atoms with Gasteiger partial charge in [-0.2, -0.15) is 0 Å². The number of carbonyl (C=O) groups is 1. The Morgan fingerprint density at radius 1 is 1.00 bits per heavy atom. The zero-order chi connectivity index (χ0) is 21.2. The fourth-order valence-electron chi connectivity index (χ4n) is 5.07. The Bertz CT molecular complexity index is 906. The van der Waals surface area contributed by atoms with Gasteiger partial charge in [-0.05, 0) is 44.0 Å². The quantitative estimate of drug-likeness (QED) is 0.737. The topological polar surface area (TPSA) is 45.2 Å². The summed E-state index contributed by atoms with van der Waals surface area (Å²) in [5, 5.41) is 0. The van der Waals surface area contributed by atoms with Gasteiger partial charge in [0.2, 0.25) is 0 Å². The van der Waals surface area contributed by atoms with Crippen molar-refractivity contribution in [3.8, 4) is 11.5 Å². The Kier molecular flexibility index (Phi) is 5.72. The van der Waals surface area contributed by atoms with Crippen molar-refractivity contribution in [1.82, 2.24) is 14.7 Å². The normalized spacial score (nSPS) is 25.0. The van der Waals surface area contributed by atoms with E-state index in [1.54, 1.807) is 0 Å². The third kappa shape index (κ3) is 4.22. The first-order chi connectivity index (χ1) is 15.2. The van der Waals surface area contributed by atoms with E-state index in [1.165, 1.54) is 5.56 Å². The molecule has 0 bridgehead atoms. The van der Waals surface area contributed by atoms with Gasteiger partial charge in [-0.3, -0.25) is 4.90 Å². The van der Waals surface area contributed by atoms with Crippen LogP contribution in [0.4, 0.5) is 4.79 Å². The van der Waals surface area contributed by atoms with Crippen molar-refractivity contribution in [3.63, 3.8) is 0 Å². The van der Waals surface area contributed by atoms with Crippen LogP contribution in [0.25, 0.3) is 0 Å². The van der Waals surface area contributed by atoms with Crippen molar-refractivity contribution >= 4 is 6.03 Å². The second-order valence-corrected chi connectivity index (χ2v) is 8.81. The maximum absolute atomic E-state index is 13.2. The molecule has 6 nitrogen and oxygen atoms in total. The highest BCUT2D eigenvalue weighted by Gasteiger charge is 2.38. The highest BCUT2D eigenvalue weighted by molar-refractivity contribution is 5.77. The van der Waals surface area contributed by atoms with Crippen molar-refractivity contribution in [1.29, 1.82) is 0 Å². The number of nitrogens with zero attached hydrogens (tertiary/aromatic N) is 3. The molecule has 0 N–H and O–H groups in total. The van der Waals surface area contributed by atoms with Crippen LogP contribution in [0.1, 0.15) is 31.4 Å². The van der Waals surface area contributed by atoms with Crippen LogP contribution in [0.5, 0.6) is 11.5 Å². The molecule has 3 aliphatic heterocycles. The first-order valence-corrected chi connectivity index (χ1v) is 11.4. The molecule has 31 heavy (non-hydrogen) atoms. The van der Waals surface area contributed by atoms with Gasteiger partial charge in [-0.1, -0.05) is 42.5 Å². The number of ether oxygens (including phenoxy) is 2. The lowest BCUT2D eigenvalue weighted by atomic mass is 10.0. The number of carbonyl (C=O) groups excluding carboxylic acids is 1. The van der Waals surface area contributed by atoms with Crippen molar-refractivity contribution in [2.24, 2.45) is 0 Å². The summed E-state index contributed by atoms with van der Waals surface area (Å²) in [5.41, 5.74) is 1.19. The molecule has 3 unspecified atom stereocenters. The van der Waals surface area contributed by atoms with Crippen molar-refractivity contribution in [3.05, 3.63) is 60.2 Å². The molecular weight excluding hydrogens is 390 g/mol. The van der Waals surface area contributed by atoms with Gasteiger partial charge < -0.3 is 19.3 Å². The van der Waals surface area contributed by atoms with Gasteiger partial charge in [0.1, 0.15) is 12.7 Å². The van der Waals surface area contributed by atoms with E-state index in [1.807, 2.05) is 47.4 Å². The van der Waals surface area contributed by atoms with Crippen molar-refractivity contribution in [2.75, 3.05) is 39.3 Å². The van der Waals surface area contributed by atoms with E-state index in [0.29, 0.717) is 6.61 Å². The molecule has 2 amide bonds. The maximum Gasteiger partial charge on any atom is 0.320 e. The van der Waals surface area contributed by atoms with Crippen LogP contribution in [-0.4, -0.2) is 72.2 Å². The van der Waals surface area contributed by atoms with Crippen LogP contribution >= 0.6 is 0 Å². The second-order valence-electron chi connectivity index (χ2n) is 8.81. The van der Waals surface area contributed by atoms with E-state index in [4.69, 9.17) is 9.47 Å². The molecule has 3 aliphatic rings.